The molecule has 0 aliphatic rings. The highest BCUT2D eigenvalue weighted by Gasteiger charge is 2.16. The number of benzene rings is 1. The number of hydrogen-bond donors (Lipinski definition) is 2. The van der Waals surface area contributed by atoms with Crippen molar-refractivity contribution >= 4 is 17.6 Å². The standard InChI is InChI=1S/C11H9F2NO3/c1-2-3-10(15)14-9-5-8(13)7(12)4-6(9)11(16)17/h2-5H,1H3,(H,14,15)(H,16,17)/b3-2+. The molecule has 1 aromatic carbocycles. The van der Waals surface area contributed by atoms with Gasteiger partial charge in [0, 0.05) is 6.07 Å². The van der Waals surface area contributed by atoms with Crippen molar-refractivity contribution in [1.29, 1.82) is 0 Å². The van der Waals surface area contributed by atoms with Gasteiger partial charge in [-0.1, -0.05) is 6.08 Å². The Kier molecular flexibility index (Phi) is 3.92. The molecular weight excluding hydrogens is 232 g/mol. The van der Waals surface area contributed by atoms with Gasteiger partial charge in [-0.3, -0.25) is 4.79 Å². The van der Waals surface area contributed by atoms with E-state index in [0.29, 0.717) is 12.1 Å². The van der Waals surface area contributed by atoms with Gasteiger partial charge in [-0.15, -0.1) is 0 Å². The maximum Gasteiger partial charge on any atom is 0.337 e. The third-order valence-corrected chi connectivity index (χ3v) is 1.87. The topological polar surface area (TPSA) is 66.4 Å². The van der Waals surface area contributed by atoms with Crippen molar-refractivity contribution in [2.24, 2.45) is 0 Å². The van der Waals surface area contributed by atoms with E-state index in [0.717, 1.165) is 6.08 Å². The Balaban J connectivity index is 3.17. The van der Waals surface area contributed by atoms with Crippen LogP contribution in [0.3, 0.4) is 0 Å². The van der Waals surface area contributed by atoms with E-state index in [1.165, 1.54) is 6.08 Å². The summed E-state index contributed by atoms with van der Waals surface area (Å²) in [5.74, 6) is -4.60. The second kappa shape index (κ2) is 5.20. The SMILES string of the molecule is C/C=C/C(=O)Nc1cc(F)c(F)cc1C(=O)O. The summed E-state index contributed by atoms with van der Waals surface area (Å²) < 4.78 is 25.8. The molecule has 0 aliphatic carbocycles. The van der Waals surface area contributed by atoms with Gasteiger partial charge >= 0.3 is 5.97 Å². The first-order valence-corrected chi connectivity index (χ1v) is 4.61. The monoisotopic (exact) mass is 241 g/mol. The van der Waals surface area contributed by atoms with Crippen LogP contribution in [0.4, 0.5) is 14.5 Å². The average Bonchev–Trinajstić information content (AvgIpc) is 2.23. The Labute approximate surface area is 95.6 Å². The van der Waals surface area contributed by atoms with Crippen LogP contribution < -0.4 is 5.32 Å². The minimum atomic E-state index is -1.46. The van der Waals surface area contributed by atoms with Gasteiger partial charge in [-0.2, -0.15) is 0 Å². The van der Waals surface area contributed by atoms with Gasteiger partial charge in [0.05, 0.1) is 11.3 Å². The summed E-state index contributed by atoms with van der Waals surface area (Å²) in [5.41, 5.74) is -0.804. The predicted molar refractivity (Wildman–Crippen MR) is 56.8 cm³/mol. The van der Waals surface area contributed by atoms with E-state index in [1.807, 2.05) is 0 Å². The van der Waals surface area contributed by atoms with E-state index in [1.54, 1.807) is 6.92 Å². The Morgan fingerprint density at radius 1 is 1.29 bits per heavy atom. The third kappa shape index (κ3) is 3.10. The van der Waals surface area contributed by atoms with Crippen LogP contribution in [0.25, 0.3) is 0 Å². The van der Waals surface area contributed by atoms with Gasteiger partial charge in [0.1, 0.15) is 0 Å². The largest absolute Gasteiger partial charge is 0.478 e. The van der Waals surface area contributed by atoms with Crippen LogP contribution in [0.2, 0.25) is 0 Å². The van der Waals surface area contributed by atoms with Crippen LogP contribution >= 0.6 is 0 Å². The predicted octanol–water partition coefficient (Wildman–Crippen LogP) is 2.18. The normalized spacial score (nSPS) is 10.5. The van der Waals surface area contributed by atoms with E-state index < -0.39 is 29.1 Å². The molecule has 0 fully saturated rings. The molecule has 0 unspecified atom stereocenters. The lowest BCUT2D eigenvalue weighted by atomic mass is 10.1. The molecule has 90 valence electrons. The number of aromatic carboxylic acids is 1. The summed E-state index contributed by atoms with van der Waals surface area (Å²) in [5, 5.41) is 10.9. The second-order valence-corrected chi connectivity index (χ2v) is 3.11. The minimum Gasteiger partial charge on any atom is -0.478 e. The molecule has 0 saturated carbocycles. The zero-order chi connectivity index (χ0) is 13.0. The molecule has 1 rings (SSSR count). The van der Waals surface area contributed by atoms with Crippen LogP contribution in [-0.4, -0.2) is 17.0 Å². The summed E-state index contributed by atoms with van der Waals surface area (Å²) in [4.78, 5) is 21.9. The number of allylic oxidation sites excluding steroid dienone is 1. The molecule has 0 aliphatic heterocycles. The number of rotatable bonds is 3. The number of carbonyl (C=O) groups is 2. The number of halogens is 2. The van der Waals surface area contributed by atoms with E-state index >= 15 is 0 Å². The summed E-state index contributed by atoms with van der Waals surface area (Å²) >= 11 is 0. The van der Waals surface area contributed by atoms with Crippen LogP contribution in [0.15, 0.2) is 24.3 Å². The number of hydrogen-bond acceptors (Lipinski definition) is 2. The lowest BCUT2D eigenvalue weighted by Crippen LogP contribution is -2.13. The molecule has 0 radical (unpaired) electrons. The van der Waals surface area contributed by atoms with E-state index in [9.17, 15) is 18.4 Å². The number of carboxylic acid groups (broad SMARTS) is 1. The molecule has 4 nitrogen and oxygen atoms in total. The first kappa shape index (κ1) is 12.8. The van der Waals surface area contributed by atoms with Gasteiger partial charge in [0.25, 0.3) is 0 Å². The number of amides is 1. The van der Waals surface area contributed by atoms with Crippen molar-refractivity contribution in [2.75, 3.05) is 5.32 Å². The highest BCUT2D eigenvalue weighted by molar-refractivity contribution is 6.04. The third-order valence-electron chi connectivity index (χ3n) is 1.87. The highest BCUT2D eigenvalue weighted by atomic mass is 19.2. The number of carbonyl (C=O) groups excluding carboxylic acids is 1. The number of carboxylic acids is 1. The molecule has 0 aromatic heterocycles. The highest BCUT2D eigenvalue weighted by Crippen LogP contribution is 2.20. The molecule has 6 heteroatoms. The molecule has 1 aromatic rings. The van der Waals surface area contributed by atoms with Crippen molar-refractivity contribution in [1.82, 2.24) is 0 Å². The van der Waals surface area contributed by atoms with Crippen molar-refractivity contribution in [3.8, 4) is 0 Å². The molecule has 1 amide bonds. The van der Waals surface area contributed by atoms with Crippen LogP contribution in [0, 0.1) is 11.6 Å². The molecule has 0 spiro atoms. The molecule has 0 saturated heterocycles. The fourth-order valence-corrected chi connectivity index (χ4v) is 1.15. The summed E-state index contributed by atoms with van der Waals surface area (Å²) in [6.45, 7) is 1.59. The van der Waals surface area contributed by atoms with Gasteiger partial charge in [-0.25, -0.2) is 13.6 Å². The van der Waals surface area contributed by atoms with E-state index in [4.69, 9.17) is 5.11 Å². The van der Waals surface area contributed by atoms with Gasteiger partial charge in [0.2, 0.25) is 5.91 Å². The Morgan fingerprint density at radius 3 is 2.41 bits per heavy atom. The van der Waals surface area contributed by atoms with Gasteiger partial charge < -0.3 is 10.4 Å². The summed E-state index contributed by atoms with van der Waals surface area (Å²) in [6.07, 6.45) is 2.56. The molecule has 17 heavy (non-hydrogen) atoms. The second-order valence-electron chi connectivity index (χ2n) is 3.11. The molecular formula is C11H9F2NO3. The number of anilines is 1. The van der Waals surface area contributed by atoms with Crippen molar-refractivity contribution in [3.63, 3.8) is 0 Å². The lowest BCUT2D eigenvalue weighted by molar-refractivity contribution is -0.111. The first-order chi connectivity index (χ1) is 7.95. The summed E-state index contributed by atoms with van der Waals surface area (Å²) in [6, 6.07) is 1.14. The zero-order valence-corrected chi connectivity index (χ0v) is 8.83. The molecule has 0 atom stereocenters. The van der Waals surface area contributed by atoms with Crippen molar-refractivity contribution < 1.29 is 23.5 Å². The Morgan fingerprint density at radius 2 is 1.88 bits per heavy atom. The maximum absolute atomic E-state index is 12.9. The Hall–Kier alpha value is -2.24. The molecule has 0 bridgehead atoms. The summed E-state index contributed by atoms with van der Waals surface area (Å²) in [7, 11) is 0. The van der Waals surface area contributed by atoms with Crippen LogP contribution in [-0.2, 0) is 4.79 Å². The number of nitrogens with one attached hydrogen (secondary N) is 1. The maximum atomic E-state index is 12.9. The van der Waals surface area contributed by atoms with Crippen molar-refractivity contribution in [2.45, 2.75) is 6.92 Å². The van der Waals surface area contributed by atoms with Gasteiger partial charge in [-0.05, 0) is 19.1 Å². The lowest BCUT2D eigenvalue weighted by Gasteiger charge is -2.07. The van der Waals surface area contributed by atoms with Gasteiger partial charge in [0.15, 0.2) is 11.6 Å². The molecule has 2 N–H and O–H groups in total. The van der Waals surface area contributed by atoms with Crippen LogP contribution in [0.5, 0.6) is 0 Å². The fraction of sp³-hybridized carbons (Fsp3) is 0.0909. The smallest absolute Gasteiger partial charge is 0.337 e. The van der Waals surface area contributed by atoms with E-state index in [-0.39, 0.29) is 5.69 Å². The fourth-order valence-electron chi connectivity index (χ4n) is 1.15. The minimum absolute atomic E-state index is 0.292. The quantitative estimate of drug-likeness (QED) is 0.797. The van der Waals surface area contributed by atoms with Crippen molar-refractivity contribution in [3.05, 3.63) is 41.5 Å². The first-order valence-electron chi connectivity index (χ1n) is 4.61. The van der Waals surface area contributed by atoms with E-state index in [2.05, 4.69) is 5.32 Å². The van der Waals surface area contributed by atoms with Crippen LogP contribution in [0.1, 0.15) is 17.3 Å². The zero-order valence-electron chi connectivity index (χ0n) is 8.83. The Bertz CT molecular complexity index is 498. The molecule has 0 heterocycles. The average molecular weight is 241 g/mol.